The van der Waals surface area contributed by atoms with Crippen LogP contribution in [0, 0.1) is 13.8 Å². The van der Waals surface area contributed by atoms with Crippen molar-refractivity contribution in [1.29, 1.82) is 0 Å². The Morgan fingerprint density at radius 1 is 1.15 bits per heavy atom. The zero-order valence-corrected chi connectivity index (χ0v) is 15.3. The molecule has 0 saturated heterocycles. The van der Waals surface area contributed by atoms with Crippen LogP contribution >= 0.6 is 11.3 Å². The fourth-order valence-electron chi connectivity index (χ4n) is 3.06. The lowest BCUT2D eigenvalue weighted by molar-refractivity contribution is -0.116. The second kappa shape index (κ2) is 6.38. The maximum absolute atomic E-state index is 12.7. The van der Waals surface area contributed by atoms with Gasteiger partial charge in [0.2, 0.25) is 5.91 Å². The number of rotatable bonds is 3. The van der Waals surface area contributed by atoms with Crippen LogP contribution in [-0.2, 0) is 11.3 Å². The predicted octanol–water partition coefficient (Wildman–Crippen LogP) is 3.87. The van der Waals surface area contributed by atoms with Crippen LogP contribution in [-0.4, -0.2) is 15.5 Å². The molecule has 1 amide bonds. The van der Waals surface area contributed by atoms with Crippen molar-refractivity contribution in [3.8, 4) is 0 Å². The molecule has 26 heavy (non-hydrogen) atoms. The van der Waals surface area contributed by atoms with E-state index in [1.165, 1.54) is 22.2 Å². The molecule has 0 atom stereocenters. The van der Waals surface area contributed by atoms with E-state index in [0.717, 1.165) is 31.7 Å². The summed E-state index contributed by atoms with van der Waals surface area (Å²) in [7, 11) is 0. The van der Waals surface area contributed by atoms with Gasteiger partial charge in [0.25, 0.3) is 5.56 Å². The van der Waals surface area contributed by atoms with Gasteiger partial charge >= 0.3 is 0 Å². The van der Waals surface area contributed by atoms with Crippen molar-refractivity contribution in [2.24, 2.45) is 0 Å². The van der Waals surface area contributed by atoms with Crippen LogP contribution in [0.4, 0.5) is 5.69 Å². The van der Waals surface area contributed by atoms with E-state index in [0.29, 0.717) is 5.39 Å². The van der Waals surface area contributed by atoms with Crippen LogP contribution in [0.15, 0.2) is 53.6 Å². The van der Waals surface area contributed by atoms with Gasteiger partial charge in [0.05, 0.1) is 11.7 Å². The zero-order valence-electron chi connectivity index (χ0n) is 14.4. The van der Waals surface area contributed by atoms with E-state index >= 15 is 0 Å². The lowest BCUT2D eigenvalue weighted by Crippen LogP contribution is -2.27. The van der Waals surface area contributed by atoms with Crippen LogP contribution in [0.3, 0.4) is 0 Å². The van der Waals surface area contributed by atoms with E-state index in [4.69, 9.17) is 0 Å². The molecule has 5 nitrogen and oxygen atoms in total. The summed E-state index contributed by atoms with van der Waals surface area (Å²) in [6, 6.07) is 13.6. The molecule has 1 N–H and O–H groups in total. The number of aromatic nitrogens is 2. The van der Waals surface area contributed by atoms with Gasteiger partial charge in [0, 0.05) is 16.0 Å². The molecule has 2 aromatic heterocycles. The van der Waals surface area contributed by atoms with Crippen LogP contribution < -0.4 is 10.9 Å². The van der Waals surface area contributed by atoms with E-state index in [2.05, 4.69) is 10.3 Å². The van der Waals surface area contributed by atoms with Gasteiger partial charge in [-0.15, -0.1) is 11.3 Å². The van der Waals surface area contributed by atoms with E-state index in [1.807, 2.05) is 56.3 Å². The molecule has 0 aliphatic heterocycles. The summed E-state index contributed by atoms with van der Waals surface area (Å²) in [4.78, 5) is 31.3. The zero-order chi connectivity index (χ0) is 18.3. The number of hydrogen-bond acceptors (Lipinski definition) is 4. The molecular formula is C20H17N3O2S. The summed E-state index contributed by atoms with van der Waals surface area (Å²) in [5, 5.41) is 5.53. The number of hydrogen-bond donors (Lipinski definition) is 1. The number of nitrogens with zero attached hydrogens (tertiary/aromatic N) is 2. The molecule has 2 heterocycles. The molecule has 6 heteroatoms. The number of anilines is 1. The van der Waals surface area contributed by atoms with Crippen molar-refractivity contribution in [3.05, 3.63) is 69.6 Å². The van der Waals surface area contributed by atoms with E-state index in [-0.39, 0.29) is 18.0 Å². The smallest absolute Gasteiger partial charge is 0.262 e. The fraction of sp³-hybridized carbons (Fsp3) is 0.150. The minimum Gasteiger partial charge on any atom is -0.324 e. The Hall–Kier alpha value is -2.99. The van der Waals surface area contributed by atoms with Crippen LogP contribution in [0.2, 0.25) is 0 Å². The molecule has 4 aromatic rings. The Morgan fingerprint density at radius 3 is 2.77 bits per heavy atom. The van der Waals surface area contributed by atoms with Gasteiger partial charge in [-0.3, -0.25) is 14.2 Å². The number of benzene rings is 2. The first-order valence-corrected chi connectivity index (χ1v) is 9.09. The summed E-state index contributed by atoms with van der Waals surface area (Å²) >= 11 is 1.50. The molecule has 0 bridgehead atoms. The maximum atomic E-state index is 12.7. The highest BCUT2D eigenvalue weighted by Crippen LogP contribution is 2.25. The van der Waals surface area contributed by atoms with Crippen molar-refractivity contribution >= 4 is 43.9 Å². The summed E-state index contributed by atoms with van der Waals surface area (Å²) in [6.45, 7) is 3.82. The molecule has 4 rings (SSSR count). The monoisotopic (exact) mass is 363 g/mol. The first kappa shape index (κ1) is 16.5. The molecule has 0 aliphatic rings. The lowest BCUT2D eigenvalue weighted by Gasteiger charge is -2.10. The van der Waals surface area contributed by atoms with Crippen LogP contribution in [0.25, 0.3) is 21.0 Å². The van der Waals surface area contributed by atoms with Crippen molar-refractivity contribution < 1.29 is 4.79 Å². The molecule has 130 valence electrons. The summed E-state index contributed by atoms with van der Waals surface area (Å²) in [5.74, 6) is -0.255. The average molecular weight is 363 g/mol. The molecule has 2 aromatic carbocycles. The van der Waals surface area contributed by atoms with Crippen molar-refractivity contribution in [1.82, 2.24) is 9.55 Å². The summed E-state index contributed by atoms with van der Waals surface area (Å²) < 4.78 is 1.36. The van der Waals surface area contributed by atoms with E-state index < -0.39 is 0 Å². The summed E-state index contributed by atoms with van der Waals surface area (Å²) in [6.07, 6.45) is 1.45. The van der Waals surface area contributed by atoms with E-state index in [9.17, 15) is 9.59 Å². The standard InChI is InChI=1S/C20H17N3O2S/c1-12-13(2)26-19-18(12)20(25)23(11-21-19)10-17(24)22-16-9-5-7-14-6-3-4-8-15(14)16/h3-9,11H,10H2,1-2H3,(H,22,24). The normalized spacial score (nSPS) is 11.2. The van der Waals surface area contributed by atoms with Crippen LogP contribution in [0.5, 0.6) is 0 Å². The number of carbonyl (C=O) groups is 1. The average Bonchev–Trinajstić information content (AvgIpc) is 2.93. The molecule has 0 radical (unpaired) electrons. The third kappa shape index (κ3) is 2.78. The number of fused-ring (bicyclic) bond motifs is 2. The Morgan fingerprint density at radius 2 is 1.92 bits per heavy atom. The lowest BCUT2D eigenvalue weighted by atomic mass is 10.1. The topological polar surface area (TPSA) is 64.0 Å². The number of nitrogens with one attached hydrogen (secondary N) is 1. The van der Waals surface area contributed by atoms with Crippen LogP contribution in [0.1, 0.15) is 10.4 Å². The van der Waals surface area contributed by atoms with Gasteiger partial charge in [-0.05, 0) is 30.9 Å². The maximum Gasteiger partial charge on any atom is 0.262 e. The molecule has 0 saturated carbocycles. The second-order valence-electron chi connectivity index (χ2n) is 6.22. The van der Waals surface area contributed by atoms with Gasteiger partial charge in [-0.2, -0.15) is 0 Å². The SMILES string of the molecule is Cc1sc2ncn(CC(=O)Nc3cccc4ccccc34)c(=O)c2c1C. The van der Waals surface area contributed by atoms with Gasteiger partial charge in [0.1, 0.15) is 11.4 Å². The number of aryl methyl sites for hydroxylation is 2. The fourth-order valence-corrected chi connectivity index (χ4v) is 4.05. The summed E-state index contributed by atoms with van der Waals surface area (Å²) in [5.41, 5.74) is 1.49. The first-order valence-electron chi connectivity index (χ1n) is 8.27. The highest BCUT2D eigenvalue weighted by atomic mass is 32.1. The Bertz CT molecular complexity index is 1200. The Kier molecular flexibility index (Phi) is 4.05. The largest absolute Gasteiger partial charge is 0.324 e. The molecule has 0 aliphatic carbocycles. The molecular weight excluding hydrogens is 346 g/mol. The number of thiophene rings is 1. The van der Waals surface area contributed by atoms with Gasteiger partial charge in [-0.1, -0.05) is 36.4 Å². The minimum absolute atomic E-state index is 0.0701. The number of carbonyl (C=O) groups excluding carboxylic acids is 1. The number of amides is 1. The quantitative estimate of drug-likeness (QED) is 0.601. The van der Waals surface area contributed by atoms with Crippen molar-refractivity contribution in [3.63, 3.8) is 0 Å². The Balaban J connectivity index is 1.64. The Labute approximate surface area is 153 Å². The third-order valence-corrected chi connectivity index (χ3v) is 5.65. The van der Waals surface area contributed by atoms with Crippen molar-refractivity contribution in [2.75, 3.05) is 5.32 Å². The van der Waals surface area contributed by atoms with Gasteiger partial charge in [0.15, 0.2) is 0 Å². The predicted molar refractivity (Wildman–Crippen MR) is 106 cm³/mol. The highest BCUT2D eigenvalue weighted by molar-refractivity contribution is 7.18. The van der Waals surface area contributed by atoms with Gasteiger partial charge < -0.3 is 5.32 Å². The second-order valence-corrected chi connectivity index (χ2v) is 7.42. The molecule has 0 fully saturated rings. The minimum atomic E-state index is -0.255. The van der Waals surface area contributed by atoms with E-state index in [1.54, 1.807) is 0 Å². The molecule has 0 unspecified atom stereocenters. The first-order chi connectivity index (χ1) is 12.5. The van der Waals surface area contributed by atoms with Crippen molar-refractivity contribution in [2.45, 2.75) is 20.4 Å². The highest BCUT2D eigenvalue weighted by Gasteiger charge is 2.14. The third-order valence-electron chi connectivity index (χ3n) is 4.53. The molecule has 0 spiro atoms. The van der Waals surface area contributed by atoms with Gasteiger partial charge in [-0.25, -0.2) is 4.98 Å².